The van der Waals surface area contributed by atoms with Crippen LogP contribution in [0, 0.1) is 0 Å². The summed E-state index contributed by atoms with van der Waals surface area (Å²) in [5, 5.41) is 9.97. The highest BCUT2D eigenvalue weighted by molar-refractivity contribution is 6.32. The molecule has 0 saturated carbocycles. The van der Waals surface area contributed by atoms with Gasteiger partial charge in [-0.3, -0.25) is 9.30 Å². The average molecular weight is 439 g/mol. The van der Waals surface area contributed by atoms with Crippen LogP contribution in [0.1, 0.15) is 30.1 Å². The molecule has 4 rings (SSSR count). The number of benzene rings is 1. The van der Waals surface area contributed by atoms with Gasteiger partial charge in [0.05, 0.1) is 6.20 Å². The maximum atomic E-state index is 14.3. The van der Waals surface area contributed by atoms with Crippen molar-refractivity contribution in [1.29, 1.82) is 0 Å². The molecule has 1 aromatic carbocycles. The van der Waals surface area contributed by atoms with Crippen LogP contribution in [0.3, 0.4) is 0 Å². The predicted octanol–water partition coefficient (Wildman–Crippen LogP) is 4.78. The lowest BCUT2D eigenvalue weighted by Crippen LogP contribution is -2.65. The summed E-state index contributed by atoms with van der Waals surface area (Å²) in [7, 11) is 0. The second-order valence-corrected chi connectivity index (χ2v) is 7.77. The molecule has 1 amide bonds. The van der Waals surface area contributed by atoms with Gasteiger partial charge in [-0.1, -0.05) is 41.9 Å². The second-order valence-electron chi connectivity index (χ2n) is 7.41. The van der Waals surface area contributed by atoms with E-state index in [-0.39, 0.29) is 24.5 Å². The maximum Gasteiger partial charge on any atom is 0.412 e. The van der Waals surface area contributed by atoms with Crippen LogP contribution < -0.4 is 0 Å². The third-order valence-electron chi connectivity index (χ3n) is 5.73. The Morgan fingerprint density at radius 1 is 1.27 bits per heavy atom. The summed E-state index contributed by atoms with van der Waals surface area (Å²) in [6.07, 6.45) is -2.43. The fourth-order valence-electron chi connectivity index (χ4n) is 4.24. The third kappa shape index (κ3) is 3.36. The number of hydrogen-bond donors (Lipinski definition) is 1. The Kier molecular flexibility index (Phi) is 5.09. The smallest absolute Gasteiger partial charge is 0.412 e. The topological polar surface area (TPSA) is 70.7 Å². The number of fused-ring (bicyclic) bond motifs is 1. The van der Waals surface area contributed by atoms with Gasteiger partial charge in [0.2, 0.25) is 0 Å². The van der Waals surface area contributed by atoms with Crippen molar-refractivity contribution in [1.82, 2.24) is 19.3 Å². The first-order valence-electron chi connectivity index (χ1n) is 9.31. The zero-order valence-corrected chi connectivity index (χ0v) is 16.4. The van der Waals surface area contributed by atoms with Crippen LogP contribution in [-0.2, 0) is 6.42 Å². The molecule has 1 N–H and O–H groups in total. The molecule has 0 spiro atoms. The molecular weight excluding hydrogens is 421 g/mol. The SMILES string of the molecule is O=C(O)N1CC(c2ncc3c(Cl)nccn23)CCC1(Cc1ccccc1)C(F)(F)F. The lowest BCUT2D eigenvalue weighted by atomic mass is 9.77. The molecule has 30 heavy (non-hydrogen) atoms. The van der Waals surface area contributed by atoms with E-state index in [0.29, 0.717) is 21.8 Å². The summed E-state index contributed by atoms with van der Waals surface area (Å²) in [4.78, 5) is 20.8. The molecule has 3 aromatic rings. The molecule has 2 aromatic heterocycles. The number of halogens is 4. The van der Waals surface area contributed by atoms with E-state index in [0.717, 1.165) is 0 Å². The molecular formula is C20H18ClF3N4O2. The summed E-state index contributed by atoms with van der Waals surface area (Å²) in [6, 6.07) is 8.15. The monoisotopic (exact) mass is 438 g/mol. The number of likely N-dealkylation sites (tertiary alicyclic amines) is 1. The largest absolute Gasteiger partial charge is 0.465 e. The third-order valence-corrected chi connectivity index (χ3v) is 6.02. The van der Waals surface area contributed by atoms with Crippen LogP contribution in [0.2, 0.25) is 5.15 Å². The van der Waals surface area contributed by atoms with Gasteiger partial charge in [-0.25, -0.2) is 14.8 Å². The number of aromatic nitrogens is 3. The minimum Gasteiger partial charge on any atom is -0.465 e. The van der Waals surface area contributed by atoms with Gasteiger partial charge in [0, 0.05) is 31.3 Å². The number of carboxylic acid groups (broad SMARTS) is 1. The molecule has 2 unspecified atom stereocenters. The Morgan fingerprint density at radius 2 is 2.00 bits per heavy atom. The molecule has 0 bridgehead atoms. The number of nitrogens with zero attached hydrogens (tertiary/aromatic N) is 4. The van der Waals surface area contributed by atoms with Gasteiger partial charge in [-0.05, 0) is 18.4 Å². The van der Waals surface area contributed by atoms with Gasteiger partial charge in [-0.2, -0.15) is 13.2 Å². The fraction of sp³-hybridized carbons (Fsp3) is 0.350. The van der Waals surface area contributed by atoms with E-state index in [1.54, 1.807) is 40.9 Å². The van der Waals surface area contributed by atoms with E-state index in [1.807, 2.05) is 0 Å². The lowest BCUT2D eigenvalue weighted by Gasteiger charge is -2.48. The Bertz CT molecular complexity index is 1070. The Morgan fingerprint density at radius 3 is 2.67 bits per heavy atom. The van der Waals surface area contributed by atoms with E-state index >= 15 is 0 Å². The molecule has 158 valence electrons. The zero-order valence-electron chi connectivity index (χ0n) is 15.7. The summed E-state index contributed by atoms with van der Waals surface area (Å²) in [5.74, 6) is -0.0376. The van der Waals surface area contributed by atoms with Gasteiger partial charge in [-0.15, -0.1) is 0 Å². The van der Waals surface area contributed by atoms with Gasteiger partial charge in [0.1, 0.15) is 16.9 Å². The van der Waals surface area contributed by atoms with E-state index in [2.05, 4.69) is 9.97 Å². The van der Waals surface area contributed by atoms with Gasteiger partial charge >= 0.3 is 12.3 Å². The van der Waals surface area contributed by atoms with Crippen LogP contribution in [0.25, 0.3) is 5.52 Å². The first-order chi connectivity index (χ1) is 14.2. The van der Waals surface area contributed by atoms with Gasteiger partial charge in [0.15, 0.2) is 5.15 Å². The molecule has 0 radical (unpaired) electrons. The van der Waals surface area contributed by atoms with Crippen LogP contribution in [0.4, 0.5) is 18.0 Å². The van der Waals surface area contributed by atoms with E-state index in [1.165, 1.54) is 12.4 Å². The quantitative estimate of drug-likeness (QED) is 0.638. The highest BCUT2D eigenvalue weighted by Crippen LogP contribution is 2.47. The number of hydrogen-bond acceptors (Lipinski definition) is 3. The lowest BCUT2D eigenvalue weighted by molar-refractivity contribution is -0.235. The molecule has 1 fully saturated rings. The summed E-state index contributed by atoms with van der Waals surface area (Å²) in [5.41, 5.74) is -1.54. The fourth-order valence-corrected chi connectivity index (χ4v) is 4.43. The summed E-state index contributed by atoms with van der Waals surface area (Å²) >= 11 is 6.06. The van der Waals surface area contributed by atoms with Crippen molar-refractivity contribution >= 4 is 23.2 Å². The van der Waals surface area contributed by atoms with Gasteiger partial charge in [0.25, 0.3) is 0 Å². The number of piperidine rings is 1. The standard InChI is InChI=1S/C20H18ClF3N4O2/c21-16-15-11-26-17(27(15)9-8-25-16)14-6-7-19(20(22,23)24,28(12-14)18(29)30)10-13-4-2-1-3-5-13/h1-5,8-9,11,14H,6-7,10,12H2,(H,29,30). The first-order valence-corrected chi connectivity index (χ1v) is 9.69. The van der Waals surface area contributed by atoms with Crippen molar-refractivity contribution in [2.24, 2.45) is 0 Å². The molecule has 1 aliphatic rings. The molecule has 6 nitrogen and oxygen atoms in total. The Balaban J connectivity index is 1.73. The average Bonchev–Trinajstić information content (AvgIpc) is 3.13. The molecule has 1 saturated heterocycles. The number of alkyl halides is 3. The van der Waals surface area contributed by atoms with Crippen LogP contribution >= 0.6 is 11.6 Å². The number of rotatable bonds is 3. The van der Waals surface area contributed by atoms with Crippen molar-refractivity contribution in [3.63, 3.8) is 0 Å². The minimum absolute atomic E-state index is 0.134. The molecule has 3 heterocycles. The highest BCUT2D eigenvalue weighted by atomic mass is 35.5. The Labute approximate surface area is 174 Å². The van der Waals surface area contributed by atoms with Crippen molar-refractivity contribution in [2.75, 3.05) is 6.54 Å². The molecule has 1 aliphatic heterocycles. The maximum absolute atomic E-state index is 14.3. The van der Waals surface area contributed by atoms with Crippen molar-refractivity contribution < 1.29 is 23.1 Å². The first kappa shape index (κ1) is 20.5. The van der Waals surface area contributed by atoms with E-state index < -0.39 is 30.1 Å². The van der Waals surface area contributed by atoms with Crippen LogP contribution in [0.15, 0.2) is 48.9 Å². The molecule has 10 heteroatoms. The summed E-state index contributed by atoms with van der Waals surface area (Å²) in [6.45, 7) is -0.319. The van der Waals surface area contributed by atoms with Crippen LogP contribution in [-0.4, -0.2) is 48.7 Å². The number of amides is 1. The highest BCUT2D eigenvalue weighted by Gasteiger charge is 2.62. The number of imidazole rings is 1. The normalized spacial score (nSPS) is 22.4. The van der Waals surface area contributed by atoms with Crippen molar-refractivity contribution in [3.05, 3.63) is 65.5 Å². The summed E-state index contributed by atoms with van der Waals surface area (Å²) < 4.78 is 44.6. The second kappa shape index (κ2) is 7.46. The van der Waals surface area contributed by atoms with Gasteiger partial charge < -0.3 is 5.11 Å². The van der Waals surface area contributed by atoms with Crippen LogP contribution in [0.5, 0.6) is 0 Å². The molecule has 0 aliphatic carbocycles. The Hall–Kier alpha value is -2.81. The molecule has 2 atom stereocenters. The zero-order chi connectivity index (χ0) is 21.5. The van der Waals surface area contributed by atoms with E-state index in [4.69, 9.17) is 11.6 Å². The van der Waals surface area contributed by atoms with Crippen molar-refractivity contribution in [2.45, 2.75) is 36.9 Å². The minimum atomic E-state index is -4.73. The van der Waals surface area contributed by atoms with Crippen molar-refractivity contribution in [3.8, 4) is 0 Å². The van der Waals surface area contributed by atoms with E-state index in [9.17, 15) is 23.1 Å². The predicted molar refractivity (Wildman–Crippen MR) is 104 cm³/mol. The number of carbonyl (C=O) groups is 1.